The normalized spacial score (nSPS) is 14.2. The lowest BCUT2D eigenvalue weighted by molar-refractivity contribution is -0.146. The molecule has 7 heteroatoms. The third kappa shape index (κ3) is 4.51. The van der Waals surface area contributed by atoms with Gasteiger partial charge in [0.15, 0.2) is 5.75 Å². The predicted molar refractivity (Wildman–Crippen MR) is 94.0 cm³/mol. The Bertz CT molecular complexity index is 804. The fraction of sp³-hybridized carbons (Fsp3) is 0.211. The first-order valence-corrected chi connectivity index (χ1v) is 7.93. The Hall–Kier alpha value is -3.53. The second kappa shape index (κ2) is 9.08. The first kappa shape index (κ1) is 18.8. The van der Waals surface area contributed by atoms with Crippen molar-refractivity contribution in [2.75, 3.05) is 24.7 Å². The zero-order valence-electron chi connectivity index (χ0n) is 14.3. The van der Waals surface area contributed by atoms with E-state index in [4.69, 9.17) is 14.7 Å². The van der Waals surface area contributed by atoms with E-state index in [0.717, 1.165) is 11.8 Å². The highest BCUT2D eigenvalue weighted by Gasteiger charge is 2.24. The number of anilines is 1. The molecule has 0 amide bonds. The zero-order chi connectivity index (χ0) is 18.9. The molecule has 26 heavy (non-hydrogen) atoms. The molecule has 0 unspecified atom stereocenters. The SMILES string of the molecule is C=CC(=O)OCCOC(=O)/C(C#N)=C/C=C1\Oc2ccccc2N1CC. The minimum absolute atomic E-state index is 0.113. The van der Waals surface area contributed by atoms with Crippen molar-refractivity contribution >= 4 is 17.6 Å². The summed E-state index contributed by atoms with van der Waals surface area (Å²) in [5.74, 6) is -0.203. The number of fused-ring (bicyclic) bond motifs is 1. The molecule has 1 aromatic rings. The first-order chi connectivity index (χ1) is 12.6. The molecule has 0 N–H and O–H groups in total. The highest BCUT2D eigenvalue weighted by molar-refractivity contribution is 5.93. The van der Waals surface area contributed by atoms with Gasteiger partial charge in [-0.25, -0.2) is 9.59 Å². The van der Waals surface area contributed by atoms with Crippen molar-refractivity contribution in [2.24, 2.45) is 0 Å². The van der Waals surface area contributed by atoms with Gasteiger partial charge in [0.2, 0.25) is 5.88 Å². The molecule has 0 aliphatic carbocycles. The van der Waals surface area contributed by atoms with Crippen LogP contribution in [0.2, 0.25) is 0 Å². The number of benzene rings is 1. The Balaban J connectivity index is 2.01. The fourth-order valence-corrected chi connectivity index (χ4v) is 2.22. The molecule has 1 aliphatic rings. The first-order valence-electron chi connectivity index (χ1n) is 7.93. The molecule has 1 aliphatic heterocycles. The van der Waals surface area contributed by atoms with Gasteiger partial charge in [-0.3, -0.25) is 0 Å². The summed E-state index contributed by atoms with van der Waals surface area (Å²) in [6.07, 6.45) is 3.89. The van der Waals surface area contributed by atoms with Gasteiger partial charge in [-0.2, -0.15) is 5.26 Å². The van der Waals surface area contributed by atoms with Gasteiger partial charge in [0.1, 0.15) is 24.9 Å². The third-order valence-electron chi connectivity index (χ3n) is 3.41. The lowest BCUT2D eigenvalue weighted by Gasteiger charge is -2.14. The molecule has 7 nitrogen and oxygen atoms in total. The molecule has 0 aromatic heterocycles. The average molecular weight is 354 g/mol. The van der Waals surface area contributed by atoms with E-state index >= 15 is 0 Å². The standard InChI is InChI=1S/C19H18N2O5/c1-3-18(22)24-11-12-25-19(23)14(13-20)9-10-17-21(4-2)15-7-5-6-8-16(15)26-17/h3,5-10H,1,4,11-12H2,2H3/b14-9+,17-10-. The van der Waals surface area contributed by atoms with E-state index in [1.807, 2.05) is 36.1 Å². The van der Waals surface area contributed by atoms with Crippen LogP contribution in [0.15, 0.2) is 60.5 Å². The number of rotatable bonds is 7. The Kier molecular flexibility index (Phi) is 6.57. The summed E-state index contributed by atoms with van der Waals surface area (Å²) in [4.78, 5) is 24.7. The predicted octanol–water partition coefficient (Wildman–Crippen LogP) is 2.47. The number of nitrogens with zero attached hydrogens (tertiary/aromatic N) is 2. The van der Waals surface area contributed by atoms with E-state index in [9.17, 15) is 9.59 Å². The minimum Gasteiger partial charge on any atom is -0.459 e. The molecule has 0 bridgehead atoms. The van der Waals surface area contributed by atoms with Crippen molar-refractivity contribution in [3.63, 3.8) is 0 Å². The average Bonchev–Trinajstić information content (AvgIpc) is 3.02. The van der Waals surface area contributed by atoms with Crippen LogP contribution in [-0.2, 0) is 19.1 Å². The van der Waals surface area contributed by atoms with Crippen LogP contribution in [0.1, 0.15) is 6.92 Å². The van der Waals surface area contributed by atoms with E-state index in [0.29, 0.717) is 18.2 Å². The quantitative estimate of drug-likeness (QED) is 0.322. The van der Waals surface area contributed by atoms with Crippen LogP contribution >= 0.6 is 0 Å². The van der Waals surface area contributed by atoms with Gasteiger partial charge in [0.25, 0.3) is 0 Å². The van der Waals surface area contributed by atoms with Crippen molar-refractivity contribution in [1.82, 2.24) is 0 Å². The lowest BCUT2D eigenvalue weighted by Crippen LogP contribution is -2.19. The number of esters is 2. The number of hydrogen-bond acceptors (Lipinski definition) is 7. The fourth-order valence-electron chi connectivity index (χ4n) is 2.22. The molecular weight excluding hydrogens is 336 g/mol. The molecule has 0 atom stereocenters. The van der Waals surface area contributed by atoms with Gasteiger partial charge in [0, 0.05) is 18.7 Å². The second-order valence-corrected chi connectivity index (χ2v) is 5.02. The number of carbonyl (C=O) groups excluding carboxylic acids is 2. The largest absolute Gasteiger partial charge is 0.459 e. The summed E-state index contributed by atoms with van der Waals surface area (Å²) in [6, 6.07) is 9.32. The number of para-hydroxylation sites is 2. The topological polar surface area (TPSA) is 88.9 Å². The number of ether oxygens (including phenoxy) is 3. The van der Waals surface area contributed by atoms with Gasteiger partial charge in [-0.15, -0.1) is 0 Å². The molecule has 0 saturated heterocycles. The van der Waals surface area contributed by atoms with Gasteiger partial charge in [-0.1, -0.05) is 18.7 Å². The molecule has 2 rings (SSSR count). The van der Waals surface area contributed by atoms with Crippen LogP contribution in [0.4, 0.5) is 5.69 Å². The van der Waals surface area contributed by atoms with Crippen LogP contribution < -0.4 is 9.64 Å². The summed E-state index contributed by atoms with van der Waals surface area (Å²) in [6.45, 7) is 5.61. The highest BCUT2D eigenvalue weighted by atomic mass is 16.6. The van der Waals surface area contributed by atoms with Crippen LogP contribution in [-0.4, -0.2) is 31.7 Å². The second-order valence-electron chi connectivity index (χ2n) is 5.02. The summed E-state index contributed by atoms with van der Waals surface area (Å²) < 4.78 is 15.3. The molecule has 0 radical (unpaired) electrons. The van der Waals surface area contributed by atoms with E-state index in [1.165, 1.54) is 6.08 Å². The Morgan fingerprint density at radius 1 is 1.31 bits per heavy atom. The summed E-state index contributed by atoms with van der Waals surface area (Å²) in [5, 5.41) is 9.15. The minimum atomic E-state index is -0.808. The van der Waals surface area contributed by atoms with Crippen LogP contribution in [0.5, 0.6) is 5.75 Å². The molecule has 134 valence electrons. The molecule has 1 aromatic carbocycles. The number of nitriles is 1. The zero-order valence-corrected chi connectivity index (χ0v) is 14.3. The van der Waals surface area contributed by atoms with E-state index < -0.39 is 11.9 Å². The number of hydrogen-bond donors (Lipinski definition) is 0. The van der Waals surface area contributed by atoms with Crippen LogP contribution in [0.3, 0.4) is 0 Å². The van der Waals surface area contributed by atoms with Crippen molar-refractivity contribution in [2.45, 2.75) is 6.92 Å². The molecular formula is C19H18N2O5. The molecule has 0 fully saturated rings. The molecule has 0 spiro atoms. The lowest BCUT2D eigenvalue weighted by atomic mass is 10.2. The highest BCUT2D eigenvalue weighted by Crippen LogP contribution is 2.38. The van der Waals surface area contributed by atoms with Crippen molar-refractivity contribution in [3.05, 3.63) is 60.5 Å². The monoisotopic (exact) mass is 354 g/mol. The van der Waals surface area contributed by atoms with Gasteiger partial charge >= 0.3 is 11.9 Å². The van der Waals surface area contributed by atoms with Gasteiger partial charge in [-0.05, 0) is 25.1 Å². The molecule has 1 heterocycles. The summed E-state index contributed by atoms with van der Waals surface area (Å²) >= 11 is 0. The van der Waals surface area contributed by atoms with Gasteiger partial charge < -0.3 is 19.1 Å². The van der Waals surface area contributed by atoms with E-state index in [1.54, 1.807) is 12.1 Å². The van der Waals surface area contributed by atoms with Crippen LogP contribution in [0, 0.1) is 11.3 Å². The Morgan fingerprint density at radius 2 is 2.04 bits per heavy atom. The Morgan fingerprint density at radius 3 is 2.73 bits per heavy atom. The number of allylic oxidation sites excluding steroid dienone is 2. The maximum absolute atomic E-state index is 11.9. The summed E-state index contributed by atoms with van der Waals surface area (Å²) in [7, 11) is 0. The van der Waals surface area contributed by atoms with E-state index in [-0.39, 0.29) is 18.8 Å². The van der Waals surface area contributed by atoms with Crippen molar-refractivity contribution < 1.29 is 23.8 Å². The maximum Gasteiger partial charge on any atom is 0.349 e. The van der Waals surface area contributed by atoms with E-state index in [2.05, 4.69) is 11.3 Å². The Labute approximate surface area is 151 Å². The van der Waals surface area contributed by atoms with Crippen molar-refractivity contribution in [3.8, 4) is 11.8 Å². The third-order valence-corrected chi connectivity index (χ3v) is 3.41. The number of carbonyl (C=O) groups is 2. The van der Waals surface area contributed by atoms with Crippen molar-refractivity contribution in [1.29, 1.82) is 5.26 Å². The van der Waals surface area contributed by atoms with Gasteiger partial charge in [0.05, 0.1) is 5.69 Å². The smallest absolute Gasteiger partial charge is 0.349 e. The molecule has 0 saturated carbocycles. The summed E-state index contributed by atoms with van der Waals surface area (Å²) in [5.41, 5.74) is 0.725. The maximum atomic E-state index is 11.9. The van der Waals surface area contributed by atoms with Crippen LogP contribution in [0.25, 0.3) is 0 Å².